The molecule has 0 aliphatic heterocycles. The Hall–Kier alpha value is -1.98. The van der Waals surface area contributed by atoms with Crippen LogP contribution in [-0.4, -0.2) is 24.2 Å². The number of benzene rings is 1. The third-order valence-corrected chi connectivity index (χ3v) is 3.16. The summed E-state index contributed by atoms with van der Waals surface area (Å²) >= 11 is 11.8. The molecule has 0 radical (unpaired) electrons. The maximum Gasteiger partial charge on any atom is 0.346 e. The van der Waals surface area contributed by atoms with E-state index in [1.54, 1.807) is 43.3 Å². The van der Waals surface area contributed by atoms with Crippen molar-refractivity contribution in [3.63, 3.8) is 0 Å². The number of methoxy groups -OCH3 is 1. The Morgan fingerprint density at radius 3 is 2.36 bits per heavy atom. The fourth-order valence-corrected chi connectivity index (χ4v) is 1.87. The zero-order valence-electron chi connectivity index (χ0n) is 11.9. The average Bonchev–Trinajstić information content (AvgIpc) is 2.52. The number of carbonyl (C=O) groups is 1. The minimum Gasteiger partial charge on any atom is -0.479 e. The van der Waals surface area contributed by atoms with E-state index >= 15 is 0 Å². The molecule has 2 rings (SSSR count). The van der Waals surface area contributed by atoms with Gasteiger partial charge >= 0.3 is 5.97 Å². The first kappa shape index (κ1) is 16.4. The second-order valence-corrected chi connectivity index (χ2v) is 5.07. The van der Waals surface area contributed by atoms with E-state index in [4.69, 9.17) is 32.7 Å². The molecule has 0 saturated heterocycles. The lowest BCUT2D eigenvalue weighted by Gasteiger charge is -2.13. The molecule has 0 unspecified atom stereocenters. The Morgan fingerprint density at radius 1 is 1.09 bits per heavy atom. The minimum absolute atomic E-state index is 0.214. The molecule has 1 aromatic heterocycles. The topological polar surface area (TPSA) is 57.7 Å². The number of esters is 1. The van der Waals surface area contributed by atoms with Gasteiger partial charge in [-0.1, -0.05) is 23.2 Å². The van der Waals surface area contributed by atoms with E-state index < -0.39 is 12.1 Å². The van der Waals surface area contributed by atoms with Crippen molar-refractivity contribution < 1.29 is 19.0 Å². The molecule has 1 atom stereocenters. The quantitative estimate of drug-likeness (QED) is 0.604. The summed E-state index contributed by atoms with van der Waals surface area (Å²) < 4.78 is 15.6. The molecule has 0 amide bonds. The zero-order chi connectivity index (χ0) is 16.1. The number of hydrogen-bond donors (Lipinski definition) is 0. The maximum absolute atomic E-state index is 11.3. The standard InChI is InChI=1S/C15H13Cl2NO4/c1-9(15(19)20-2)21-10-3-5-11(6-4-10)22-14-12(16)7-8-13(17)18-14/h3-9H,1-2H3/t9-/m0/s1. The average molecular weight is 342 g/mol. The predicted octanol–water partition coefficient (Wildman–Crippen LogP) is 4.12. The monoisotopic (exact) mass is 341 g/mol. The van der Waals surface area contributed by atoms with Crippen LogP contribution >= 0.6 is 23.2 Å². The van der Waals surface area contributed by atoms with Crippen molar-refractivity contribution in [1.82, 2.24) is 4.98 Å². The Kier molecular flexibility index (Phi) is 5.46. The van der Waals surface area contributed by atoms with Crippen LogP contribution in [0.3, 0.4) is 0 Å². The van der Waals surface area contributed by atoms with Crippen LogP contribution in [0.4, 0.5) is 0 Å². The largest absolute Gasteiger partial charge is 0.479 e. The summed E-state index contributed by atoms with van der Waals surface area (Å²) in [6.45, 7) is 1.60. The fraction of sp³-hybridized carbons (Fsp3) is 0.200. The van der Waals surface area contributed by atoms with Crippen LogP contribution in [0, 0.1) is 0 Å². The van der Waals surface area contributed by atoms with Gasteiger partial charge in [0.2, 0.25) is 5.88 Å². The Bertz CT molecular complexity index is 661. The Morgan fingerprint density at radius 2 is 1.73 bits per heavy atom. The molecule has 0 bridgehead atoms. The summed E-state index contributed by atoms with van der Waals surface area (Å²) in [7, 11) is 1.31. The summed E-state index contributed by atoms with van der Waals surface area (Å²) in [5, 5.41) is 0.635. The summed E-state index contributed by atoms with van der Waals surface area (Å²) in [5.74, 6) is 0.783. The van der Waals surface area contributed by atoms with Gasteiger partial charge in [-0.3, -0.25) is 0 Å². The first-order valence-electron chi connectivity index (χ1n) is 6.34. The second kappa shape index (κ2) is 7.33. The van der Waals surface area contributed by atoms with Crippen LogP contribution in [0.2, 0.25) is 10.2 Å². The van der Waals surface area contributed by atoms with Gasteiger partial charge in [0.25, 0.3) is 0 Å². The van der Waals surface area contributed by atoms with Gasteiger partial charge in [-0.05, 0) is 43.3 Å². The van der Waals surface area contributed by atoms with Crippen LogP contribution < -0.4 is 9.47 Å². The van der Waals surface area contributed by atoms with Gasteiger partial charge in [0.1, 0.15) is 21.7 Å². The number of carbonyl (C=O) groups excluding carboxylic acids is 1. The van der Waals surface area contributed by atoms with Gasteiger partial charge in [0.15, 0.2) is 6.10 Å². The number of aromatic nitrogens is 1. The van der Waals surface area contributed by atoms with E-state index in [9.17, 15) is 4.79 Å². The molecule has 0 spiro atoms. The Labute approximate surface area is 137 Å². The molecule has 0 aliphatic carbocycles. The van der Waals surface area contributed by atoms with E-state index in [1.807, 2.05) is 0 Å². The van der Waals surface area contributed by atoms with E-state index in [0.29, 0.717) is 16.5 Å². The number of ether oxygens (including phenoxy) is 3. The molecule has 2 aromatic rings. The molecule has 1 aromatic carbocycles. The fourth-order valence-electron chi connectivity index (χ4n) is 1.59. The smallest absolute Gasteiger partial charge is 0.346 e. The predicted molar refractivity (Wildman–Crippen MR) is 82.9 cm³/mol. The van der Waals surface area contributed by atoms with Crippen molar-refractivity contribution in [2.45, 2.75) is 13.0 Å². The summed E-state index contributed by atoms with van der Waals surface area (Å²) in [6.07, 6.45) is -0.694. The SMILES string of the molecule is COC(=O)[C@H](C)Oc1ccc(Oc2nc(Cl)ccc2Cl)cc1. The number of hydrogen-bond acceptors (Lipinski definition) is 5. The normalized spacial score (nSPS) is 11.6. The Balaban J connectivity index is 2.06. The molecule has 5 nitrogen and oxygen atoms in total. The summed E-state index contributed by atoms with van der Waals surface area (Å²) in [6, 6.07) is 9.82. The third kappa shape index (κ3) is 4.26. The van der Waals surface area contributed by atoms with Gasteiger partial charge in [-0.2, -0.15) is 4.98 Å². The van der Waals surface area contributed by atoms with Crippen molar-refractivity contribution >= 4 is 29.2 Å². The van der Waals surface area contributed by atoms with Gasteiger partial charge < -0.3 is 14.2 Å². The molecule has 0 saturated carbocycles. The highest BCUT2D eigenvalue weighted by Crippen LogP contribution is 2.29. The van der Waals surface area contributed by atoms with Crippen LogP contribution in [0.25, 0.3) is 0 Å². The van der Waals surface area contributed by atoms with Gasteiger partial charge in [-0.15, -0.1) is 0 Å². The van der Waals surface area contributed by atoms with Crippen LogP contribution in [0.5, 0.6) is 17.4 Å². The first-order valence-corrected chi connectivity index (χ1v) is 7.09. The first-order chi connectivity index (χ1) is 10.5. The lowest BCUT2D eigenvalue weighted by molar-refractivity contribution is -0.147. The maximum atomic E-state index is 11.3. The number of nitrogens with zero attached hydrogens (tertiary/aromatic N) is 1. The highest BCUT2D eigenvalue weighted by atomic mass is 35.5. The van der Waals surface area contributed by atoms with Gasteiger partial charge in [0, 0.05) is 0 Å². The van der Waals surface area contributed by atoms with E-state index in [2.05, 4.69) is 9.72 Å². The number of rotatable bonds is 5. The molecule has 1 heterocycles. The second-order valence-electron chi connectivity index (χ2n) is 4.28. The molecule has 116 valence electrons. The zero-order valence-corrected chi connectivity index (χ0v) is 13.4. The molecule has 0 fully saturated rings. The third-order valence-electron chi connectivity index (χ3n) is 2.66. The number of halogens is 2. The van der Waals surface area contributed by atoms with Crippen molar-refractivity contribution in [3.8, 4) is 17.4 Å². The van der Waals surface area contributed by atoms with Crippen molar-refractivity contribution in [1.29, 1.82) is 0 Å². The van der Waals surface area contributed by atoms with Crippen molar-refractivity contribution in [3.05, 3.63) is 46.6 Å². The minimum atomic E-state index is -0.694. The summed E-state index contributed by atoms with van der Waals surface area (Å²) in [5.41, 5.74) is 0. The molecular weight excluding hydrogens is 329 g/mol. The van der Waals surface area contributed by atoms with Crippen molar-refractivity contribution in [2.75, 3.05) is 7.11 Å². The molecular formula is C15H13Cl2NO4. The van der Waals surface area contributed by atoms with Crippen LogP contribution in [0.15, 0.2) is 36.4 Å². The van der Waals surface area contributed by atoms with E-state index in [0.717, 1.165) is 0 Å². The van der Waals surface area contributed by atoms with E-state index in [-0.39, 0.29) is 11.0 Å². The molecule has 0 N–H and O–H groups in total. The number of pyridine rings is 1. The molecule has 0 aliphatic rings. The lowest BCUT2D eigenvalue weighted by Crippen LogP contribution is -2.24. The van der Waals surface area contributed by atoms with Crippen molar-refractivity contribution in [2.24, 2.45) is 0 Å². The molecule has 22 heavy (non-hydrogen) atoms. The van der Waals surface area contributed by atoms with E-state index in [1.165, 1.54) is 7.11 Å². The molecule has 7 heteroatoms. The van der Waals surface area contributed by atoms with Gasteiger partial charge in [-0.25, -0.2) is 4.79 Å². The van der Waals surface area contributed by atoms with Gasteiger partial charge in [0.05, 0.1) is 7.11 Å². The summed E-state index contributed by atoms with van der Waals surface area (Å²) in [4.78, 5) is 15.3. The highest BCUT2D eigenvalue weighted by molar-refractivity contribution is 6.33. The lowest BCUT2D eigenvalue weighted by atomic mass is 10.3. The highest BCUT2D eigenvalue weighted by Gasteiger charge is 2.14. The van der Waals surface area contributed by atoms with Crippen LogP contribution in [0.1, 0.15) is 6.92 Å². The van der Waals surface area contributed by atoms with Crippen LogP contribution in [-0.2, 0) is 9.53 Å².